The van der Waals surface area contributed by atoms with Crippen molar-refractivity contribution in [2.45, 2.75) is 26.1 Å². The standard InChI is InChI=1S/C29H33ClN2O5/c1-34-24-9-5-21(6-10-24)19-36-27-18-23(29(33)31-13-16-32-14-3-4-15-32)17-26(30)28(27)37-20-22-7-11-25(35-2)12-8-22/h5-12,17-18H,3-4,13-16,19-20H2,1-2H3,(H,31,33). The Kier molecular flexibility index (Phi) is 9.52. The van der Waals surface area contributed by atoms with E-state index in [2.05, 4.69) is 10.2 Å². The average molecular weight is 525 g/mol. The van der Waals surface area contributed by atoms with Crippen LogP contribution < -0.4 is 24.3 Å². The number of nitrogens with one attached hydrogen (secondary N) is 1. The van der Waals surface area contributed by atoms with Gasteiger partial charge in [0.15, 0.2) is 11.5 Å². The molecule has 1 amide bonds. The molecule has 7 nitrogen and oxygen atoms in total. The first kappa shape index (κ1) is 26.6. The molecule has 0 unspecified atom stereocenters. The third kappa shape index (κ3) is 7.54. The Hall–Kier alpha value is -3.42. The Bertz CT molecular complexity index is 1160. The van der Waals surface area contributed by atoms with Crippen LogP contribution in [0.5, 0.6) is 23.0 Å². The highest BCUT2D eigenvalue weighted by molar-refractivity contribution is 6.32. The molecule has 0 atom stereocenters. The summed E-state index contributed by atoms with van der Waals surface area (Å²) in [5.74, 6) is 2.13. The van der Waals surface area contributed by atoms with Gasteiger partial charge >= 0.3 is 0 Å². The summed E-state index contributed by atoms with van der Waals surface area (Å²) < 4.78 is 22.6. The first-order valence-corrected chi connectivity index (χ1v) is 12.8. The van der Waals surface area contributed by atoms with Crippen molar-refractivity contribution in [3.05, 3.63) is 82.4 Å². The number of hydrogen-bond donors (Lipinski definition) is 1. The topological polar surface area (TPSA) is 69.3 Å². The third-order valence-corrected chi connectivity index (χ3v) is 6.56. The lowest BCUT2D eigenvalue weighted by atomic mass is 10.1. The first-order chi connectivity index (χ1) is 18.1. The van der Waals surface area contributed by atoms with Crippen LogP contribution in [0, 0.1) is 0 Å². The van der Waals surface area contributed by atoms with E-state index in [4.69, 9.17) is 30.5 Å². The van der Waals surface area contributed by atoms with Gasteiger partial charge in [-0.05, 0) is 73.5 Å². The Labute approximate surface area is 223 Å². The molecule has 8 heteroatoms. The van der Waals surface area contributed by atoms with Crippen molar-refractivity contribution in [1.29, 1.82) is 0 Å². The van der Waals surface area contributed by atoms with E-state index < -0.39 is 0 Å². The number of methoxy groups -OCH3 is 2. The van der Waals surface area contributed by atoms with Crippen molar-refractivity contribution in [3.63, 3.8) is 0 Å². The van der Waals surface area contributed by atoms with Gasteiger partial charge in [-0.2, -0.15) is 0 Å². The molecule has 37 heavy (non-hydrogen) atoms. The molecule has 3 aromatic carbocycles. The zero-order valence-corrected chi connectivity index (χ0v) is 22.1. The van der Waals surface area contributed by atoms with Crippen molar-refractivity contribution in [2.75, 3.05) is 40.4 Å². The Morgan fingerprint density at radius 2 is 1.43 bits per heavy atom. The quantitative estimate of drug-likeness (QED) is 0.345. The molecule has 1 aliphatic heterocycles. The number of likely N-dealkylation sites (tertiary alicyclic amines) is 1. The number of carbonyl (C=O) groups is 1. The summed E-state index contributed by atoms with van der Waals surface area (Å²) in [6.45, 7) is 4.15. The summed E-state index contributed by atoms with van der Waals surface area (Å²) in [5, 5.41) is 3.30. The molecule has 3 aromatic rings. The molecule has 0 aliphatic carbocycles. The van der Waals surface area contributed by atoms with Crippen molar-refractivity contribution in [1.82, 2.24) is 10.2 Å². The van der Waals surface area contributed by atoms with Crippen LogP contribution >= 0.6 is 11.6 Å². The molecule has 0 radical (unpaired) electrons. The number of halogens is 1. The highest BCUT2D eigenvalue weighted by Gasteiger charge is 2.18. The van der Waals surface area contributed by atoms with Gasteiger partial charge in [-0.1, -0.05) is 35.9 Å². The second kappa shape index (κ2) is 13.2. The number of nitrogens with zero attached hydrogens (tertiary/aromatic N) is 1. The van der Waals surface area contributed by atoms with Crippen molar-refractivity contribution in [2.24, 2.45) is 0 Å². The fourth-order valence-electron chi connectivity index (χ4n) is 4.14. The zero-order chi connectivity index (χ0) is 26.0. The lowest BCUT2D eigenvalue weighted by Gasteiger charge is -2.17. The fraction of sp³-hybridized carbons (Fsp3) is 0.345. The maximum absolute atomic E-state index is 12.9. The summed E-state index contributed by atoms with van der Waals surface area (Å²) in [7, 11) is 3.25. The molecule has 4 rings (SSSR count). The van der Waals surface area contributed by atoms with Gasteiger partial charge in [-0.15, -0.1) is 0 Å². The average Bonchev–Trinajstić information content (AvgIpc) is 3.45. The van der Waals surface area contributed by atoms with Gasteiger partial charge in [0.2, 0.25) is 0 Å². The van der Waals surface area contributed by atoms with Gasteiger partial charge in [0, 0.05) is 18.7 Å². The second-order valence-corrected chi connectivity index (χ2v) is 9.27. The normalized spacial score (nSPS) is 13.3. The number of rotatable bonds is 12. The molecule has 196 valence electrons. The number of benzene rings is 3. The minimum absolute atomic E-state index is 0.197. The van der Waals surface area contributed by atoms with Crippen LogP contribution in [0.25, 0.3) is 0 Å². The van der Waals surface area contributed by atoms with Crippen LogP contribution in [0.15, 0.2) is 60.7 Å². The Morgan fingerprint density at radius 1 is 0.865 bits per heavy atom. The predicted octanol–water partition coefficient (Wildman–Crippen LogP) is 5.34. The molecule has 0 spiro atoms. The number of hydrogen-bond acceptors (Lipinski definition) is 6. The van der Waals surface area contributed by atoms with Crippen molar-refractivity contribution < 1.29 is 23.7 Å². The minimum Gasteiger partial charge on any atom is -0.497 e. The van der Waals surface area contributed by atoms with Crippen LogP contribution in [0.4, 0.5) is 0 Å². The SMILES string of the molecule is COc1ccc(COc2cc(C(=O)NCCN3CCCC3)cc(Cl)c2OCc2ccc(OC)cc2)cc1. The van der Waals surface area contributed by atoms with Crippen molar-refractivity contribution in [3.8, 4) is 23.0 Å². The van der Waals surface area contributed by atoms with E-state index in [1.807, 2.05) is 48.5 Å². The van der Waals surface area contributed by atoms with Gasteiger partial charge in [-0.25, -0.2) is 0 Å². The highest BCUT2D eigenvalue weighted by Crippen LogP contribution is 2.38. The zero-order valence-electron chi connectivity index (χ0n) is 21.3. The highest BCUT2D eigenvalue weighted by atomic mass is 35.5. The smallest absolute Gasteiger partial charge is 0.251 e. The van der Waals surface area contributed by atoms with E-state index in [0.717, 1.165) is 42.3 Å². The maximum atomic E-state index is 12.9. The van der Waals surface area contributed by atoms with Gasteiger partial charge < -0.3 is 29.2 Å². The van der Waals surface area contributed by atoms with Gasteiger partial charge in [0.1, 0.15) is 24.7 Å². The van der Waals surface area contributed by atoms with Crippen molar-refractivity contribution >= 4 is 17.5 Å². The predicted molar refractivity (Wildman–Crippen MR) is 144 cm³/mol. The van der Waals surface area contributed by atoms with Gasteiger partial charge in [0.25, 0.3) is 5.91 Å². The van der Waals surface area contributed by atoms with E-state index in [0.29, 0.717) is 28.6 Å². The Balaban J connectivity index is 1.48. The maximum Gasteiger partial charge on any atom is 0.251 e. The second-order valence-electron chi connectivity index (χ2n) is 8.86. The molecule has 0 saturated carbocycles. The first-order valence-electron chi connectivity index (χ1n) is 12.4. The van der Waals surface area contributed by atoms with Crippen LogP contribution in [0.2, 0.25) is 5.02 Å². The number of carbonyl (C=O) groups excluding carboxylic acids is 1. The fourth-order valence-corrected chi connectivity index (χ4v) is 4.41. The van der Waals surface area contributed by atoms with E-state index in [9.17, 15) is 4.79 Å². The van der Waals surface area contributed by atoms with E-state index in [1.165, 1.54) is 12.8 Å². The monoisotopic (exact) mass is 524 g/mol. The molecular formula is C29H33ClN2O5. The minimum atomic E-state index is -0.197. The van der Waals surface area contributed by atoms with Crippen LogP contribution in [0.1, 0.15) is 34.3 Å². The molecule has 0 bridgehead atoms. The molecule has 1 N–H and O–H groups in total. The van der Waals surface area contributed by atoms with E-state index >= 15 is 0 Å². The largest absolute Gasteiger partial charge is 0.497 e. The molecular weight excluding hydrogens is 492 g/mol. The summed E-state index contributed by atoms with van der Waals surface area (Å²) in [4.78, 5) is 15.3. The van der Waals surface area contributed by atoms with E-state index in [1.54, 1.807) is 26.4 Å². The molecule has 1 fully saturated rings. The summed E-state index contributed by atoms with van der Waals surface area (Å²) in [5.41, 5.74) is 2.31. The Morgan fingerprint density at radius 3 is 2.00 bits per heavy atom. The summed E-state index contributed by atoms with van der Waals surface area (Å²) in [6, 6.07) is 18.5. The van der Waals surface area contributed by atoms with E-state index in [-0.39, 0.29) is 19.1 Å². The third-order valence-electron chi connectivity index (χ3n) is 6.28. The number of amides is 1. The molecule has 1 aliphatic rings. The lowest BCUT2D eigenvalue weighted by molar-refractivity contribution is 0.0949. The molecule has 1 saturated heterocycles. The van der Waals surface area contributed by atoms with Gasteiger partial charge in [-0.3, -0.25) is 4.79 Å². The number of ether oxygens (including phenoxy) is 4. The lowest BCUT2D eigenvalue weighted by Crippen LogP contribution is -2.33. The molecule has 0 aromatic heterocycles. The van der Waals surface area contributed by atoms with Gasteiger partial charge in [0.05, 0.1) is 19.2 Å². The summed E-state index contributed by atoms with van der Waals surface area (Å²) in [6.07, 6.45) is 2.44. The molecule has 1 heterocycles. The summed E-state index contributed by atoms with van der Waals surface area (Å²) >= 11 is 6.62. The van der Waals surface area contributed by atoms with Crippen LogP contribution in [-0.4, -0.2) is 51.2 Å². The van der Waals surface area contributed by atoms with Crippen LogP contribution in [0.3, 0.4) is 0 Å². The van der Waals surface area contributed by atoms with Crippen LogP contribution in [-0.2, 0) is 13.2 Å².